The molecule has 9 heteroatoms. The van der Waals surface area contributed by atoms with Gasteiger partial charge in [0.15, 0.2) is 0 Å². The van der Waals surface area contributed by atoms with Gasteiger partial charge in [-0.05, 0) is 20.8 Å². The van der Waals surface area contributed by atoms with Crippen molar-refractivity contribution in [3.05, 3.63) is 33.9 Å². The second-order valence-electron chi connectivity index (χ2n) is 5.09. The van der Waals surface area contributed by atoms with E-state index in [4.69, 9.17) is 11.6 Å². The fourth-order valence-corrected chi connectivity index (χ4v) is 2.42. The van der Waals surface area contributed by atoms with Crippen molar-refractivity contribution in [2.45, 2.75) is 46.8 Å². The average Bonchev–Trinajstić information content (AvgIpc) is 3.00. The number of hydrogen-bond donors (Lipinski definition) is 1. The normalized spacial score (nSPS) is 11.3. The van der Waals surface area contributed by atoms with Crippen LogP contribution < -0.4 is 5.32 Å². The molecule has 0 aromatic carbocycles. The highest BCUT2D eigenvalue weighted by molar-refractivity contribution is 6.31. The van der Waals surface area contributed by atoms with Gasteiger partial charge in [-0.25, -0.2) is 8.78 Å². The number of aryl methyl sites for hydroxylation is 1. The molecule has 2 rings (SSSR count). The van der Waals surface area contributed by atoms with Crippen LogP contribution in [0.2, 0.25) is 5.02 Å². The molecule has 0 saturated heterocycles. The fourth-order valence-electron chi connectivity index (χ4n) is 2.20. The van der Waals surface area contributed by atoms with Crippen LogP contribution in [0.4, 0.5) is 8.78 Å². The Kier molecular flexibility index (Phi) is 5.35. The van der Waals surface area contributed by atoms with Gasteiger partial charge in [0.2, 0.25) is 5.91 Å². The molecular formula is C14H18ClF2N5O. The van der Waals surface area contributed by atoms with Crippen molar-refractivity contribution in [1.29, 1.82) is 0 Å². The zero-order valence-electron chi connectivity index (χ0n) is 13.1. The summed E-state index contributed by atoms with van der Waals surface area (Å²) in [5.74, 6) is -0.336. The number of nitrogens with one attached hydrogen (secondary N) is 1. The van der Waals surface area contributed by atoms with Gasteiger partial charge in [0.1, 0.15) is 12.2 Å². The van der Waals surface area contributed by atoms with Crippen molar-refractivity contribution >= 4 is 17.5 Å². The molecule has 0 spiro atoms. The molecule has 0 aliphatic heterocycles. The Morgan fingerprint density at radius 1 is 1.35 bits per heavy atom. The second-order valence-corrected chi connectivity index (χ2v) is 5.47. The molecule has 2 heterocycles. The van der Waals surface area contributed by atoms with E-state index in [1.54, 1.807) is 13.1 Å². The van der Waals surface area contributed by atoms with Crippen LogP contribution in [0.5, 0.6) is 0 Å². The molecule has 1 amide bonds. The molecule has 126 valence electrons. The molecular weight excluding hydrogens is 328 g/mol. The Labute approximate surface area is 137 Å². The van der Waals surface area contributed by atoms with Gasteiger partial charge in [-0.2, -0.15) is 10.2 Å². The molecule has 0 unspecified atom stereocenters. The lowest BCUT2D eigenvalue weighted by atomic mass is 10.2. The standard InChI is InChI=1S/C14H18ClF2N5O/c1-4-21-8(2)10(6-19-21)5-18-11(23)7-22-9(3)12(15)13(20-22)14(16)17/h6,14H,4-5,7H2,1-3H3,(H,18,23). The second kappa shape index (κ2) is 7.08. The largest absolute Gasteiger partial charge is 0.350 e. The molecule has 0 fully saturated rings. The molecule has 23 heavy (non-hydrogen) atoms. The maximum absolute atomic E-state index is 12.7. The Morgan fingerprint density at radius 3 is 2.57 bits per heavy atom. The van der Waals surface area contributed by atoms with Gasteiger partial charge in [0.05, 0.1) is 16.9 Å². The SMILES string of the molecule is CCn1ncc(CNC(=O)Cn2nc(C(F)F)c(Cl)c2C)c1C. The fraction of sp³-hybridized carbons (Fsp3) is 0.500. The summed E-state index contributed by atoms with van der Waals surface area (Å²) in [6.45, 7) is 6.35. The highest BCUT2D eigenvalue weighted by atomic mass is 35.5. The Bertz CT molecular complexity index is 710. The number of halogens is 3. The van der Waals surface area contributed by atoms with Crippen LogP contribution in [-0.4, -0.2) is 25.5 Å². The minimum Gasteiger partial charge on any atom is -0.350 e. The van der Waals surface area contributed by atoms with Crippen molar-refractivity contribution in [3.8, 4) is 0 Å². The van der Waals surface area contributed by atoms with Crippen molar-refractivity contribution < 1.29 is 13.6 Å². The predicted molar refractivity (Wildman–Crippen MR) is 81.4 cm³/mol. The van der Waals surface area contributed by atoms with Gasteiger partial charge in [0.25, 0.3) is 6.43 Å². The number of alkyl halides is 2. The minimum atomic E-state index is -2.77. The number of nitrogens with zero attached hydrogens (tertiary/aromatic N) is 4. The first-order valence-electron chi connectivity index (χ1n) is 7.14. The summed E-state index contributed by atoms with van der Waals surface area (Å²) in [6.07, 6.45) is -1.07. The van der Waals surface area contributed by atoms with Crippen LogP contribution in [0.15, 0.2) is 6.20 Å². The van der Waals surface area contributed by atoms with E-state index in [0.717, 1.165) is 17.8 Å². The first kappa shape index (κ1) is 17.4. The molecule has 0 bridgehead atoms. The van der Waals surface area contributed by atoms with Crippen LogP contribution in [-0.2, 0) is 24.4 Å². The zero-order valence-corrected chi connectivity index (χ0v) is 13.9. The predicted octanol–water partition coefficient (Wildman–Crippen LogP) is 2.62. The van der Waals surface area contributed by atoms with Crippen molar-refractivity contribution in [1.82, 2.24) is 24.9 Å². The van der Waals surface area contributed by atoms with E-state index in [1.807, 2.05) is 18.5 Å². The summed E-state index contributed by atoms with van der Waals surface area (Å²) >= 11 is 5.80. The quantitative estimate of drug-likeness (QED) is 0.875. The maximum Gasteiger partial charge on any atom is 0.283 e. The third-order valence-corrected chi connectivity index (χ3v) is 4.11. The maximum atomic E-state index is 12.7. The first-order valence-corrected chi connectivity index (χ1v) is 7.51. The highest BCUT2D eigenvalue weighted by Crippen LogP contribution is 2.28. The molecule has 6 nitrogen and oxygen atoms in total. The van der Waals surface area contributed by atoms with Crippen LogP contribution in [0, 0.1) is 13.8 Å². The summed E-state index contributed by atoms with van der Waals surface area (Å²) in [4.78, 5) is 12.0. The minimum absolute atomic E-state index is 0.104. The van der Waals surface area contributed by atoms with Gasteiger partial charge in [-0.1, -0.05) is 11.6 Å². The average molecular weight is 346 g/mol. The Morgan fingerprint density at radius 2 is 2.04 bits per heavy atom. The van der Waals surface area contributed by atoms with Crippen molar-refractivity contribution in [3.63, 3.8) is 0 Å². The molecule has 2 aromatic heterocycles. The molecule has 0 radical (unpaired) electrons. The Hall–Kier alpha value is -1.96. The van der Waals surface area contributed by atoms with Crippen LogP contribution in [0.1, 0.15) is 36.0 Å². The van der Waals surface area contributed by atoms with Gasteiger partial charge < -0.3 is 5.32 Å². The van der Waals surface area contributed by atoms with Crippen molar-refractivity contribution in [2.75, 3.05) is 0 Å². The summed E-state index contributed by atoms with van der Waals surface area (Å²) in [6, 6.07) is 0. The molecule has 1 N–H and O–H groups in total. The van der Waals surface area contributed by atoms with Gasteiger partial charge in [-0.15, -0.1) is 0 Å². The zero-order chi connectivity index (χ0) is 17.1. The lowest BCUT2D eigenvalue weighted by molar-refractivity contribution is -0.122. The van der Waals surface area contributed by atoms with Gasteiger partial charge in [-0.3, -0.25) is 14.2 Å². The lowest BCUT2D eigenvalue weighted by Crippen LogP contribution is -2.28. The number of amides is 1. The first-order chi connectivity index (χ1) is 10.8. The monoisotopic (exact) mass is 345 g/mol. The Balaban J connectivity index is 2.00. The van der Waals surface area contributed by atoms with Crippen LogP contribution in [0.25, 0.3) is 0 Å². The van der Waals surface area contributed by atoms with Crippen molar-refractivity contribution in [2.24, 2.45) is 0 Å². The third-order valence-electron chi connectivity index (χ3n) is 3.64. The number of aromatic nitrogens is 4. The number of carbonyl (C=O) groups is 1. The molecule has 0 aliphatic rings. The molecule has 0 aliphatic carbocycles. The van der Waals surface area contributed by atoms with E-state index in [2.05, 4.69) is 15.5 Å². The van der Waals surface area contributed by atoms with Gasteiger partial charge in [0, 0.05) is 24.3 Å². The smallest absolute Gasteiger partial charge is 0.283 e. The lowest BCUT2D eigenvalue weighted by Gasteiger charge is -2.07. The topological polar surface area (TPSA) is 64.7 Å². The highest BCUT2D eigenvalue weighted by Gasteiger charge is 2.21. The van der Waals surface area contributed by atoms with E-state index in [9.17, 15) is 13.6 Å². The molecule has 0 saturated carbocycles. The summed E-state index contributed by atoms with van der Waals surface area (Å²) in [7, 11) is 0. The molecule has 2 aromatic rings. The summed E-state index contributed by atoms with van der Waals surface area (Å²) in [5.41, 5.74) is 1.72. The van der Waals surface area contributed by atoms with Crippen LogP contribution >= 0.6 is 11.6 Å². The number of hydrogen-bond acceptors (Lipinski definition) is 3. The number of rotatable bonds is 6. The van der Waals surface area contributed by atoms with E-state index in [-0.39, 0.29) is 17.5 Å². The third kappa shape index (κ3) is 3.69. The summed E-state index contributed by atoms with van der Waals surface area (Å²) in [5, 5.41) is 10.5. The van der Waals surface area contributed by atoms with E-state index in [1.165, 1.54) is 4.68 Å². The van der Waals surface area contributed by atoms with Crippen LogP contribution in [0.3, 0.4) is 0 Å². The number of carbonyl (C=O) groups excluding carboxylic acids is 1. The van der Waals surface area contributed by atoms with E-state index in [0.29, 0.717) is 12.2 Å². The van der Waals surface area contributed by atoms with E-state index < -0.39 is 12.1 Å². The van der Waals surface area contributed by atoms with E-state index >= 15 is 0 Å². The van der Waals surface area contributed by atoms with Gasteiger partial charge >= 0.3 is 0 Å². The molecule has 0 atom stereocenters. The summed E-state index contributed by atoms with van der Waals surface area (Å²) < 4.78 is 28.5.